The molecular formula is C12H21NO3S. The molecule has 1 aliphatic carbocycles. The number of hydrogen-bond acceptors (Lipinski definition) is 3. The second kappa shape index (κ2) is 4.12. The van der Waals surface area contributed by atoms with Crippen LogP contribution in [0.3, 0.4) is 0 Å². The van der Waals surface area contributed by atoms with Crippen LogP contribution in [0.1, 0.15) is 27.7 Å². The predicted octanol–water partition coefficient (Wildman–Crippen LogP) is 1.64. The van der Waals surface area contributed by atoms with E-state index >= 15 is 0 Å². The lowest BCUT2D eigenvalue weighted by Crippen LogP contribution is -2.34. The highest BCUT2D eigenvalue weighted by Crippen LogP contribution is 2.60. The molecule has 0 aromatic carbocycles. The molecule has 0 aromatic heterocycles. The number of carbonyl (C=O) groups is 1. The van der Waals surface area contributed by atoms with Gasteiger partial charge in [-0.2, -0.15) is 0 Å². The number of hydrogen-bond donors (Lipinski definition) is 0. The van der Waals surface area contributed by atoms with Crippen molar-refractivity contribution in [3.63, 3.8) is 0 Å². The summed E-state index contributed by atoms with van der Waals surface area (Å²) in [6.45, 7) is 7.96. The van der Waals surface area contributed by atoms with Crippen molar-refractivity contribution in [2.45, 2.75) is 27.7 Å². The summed E-state index contributed by atoms with van der Waals surface area (Å²) < 4.78 is 23.5. The Morgan fingerprint density at radius 3 is 2.12 bits per heavy atom. The first-order valence-corrected chi connectivity index (χ1v) is 7.47. The highest BCUT2D eigenvalue weighted by molar-refractivity contribution is 7.88. The molecule has 0 aliphatic heterocycles. The molecule has 1 fully saturated rings. The van der Waals surface area contributed by atoms with Gasteiger partial charge in [0.1, 0.15) is 0 Å². The minimum absolute atomic E-state index is 0.143. The zero-order valence-corrected chi connectivity index (χ0v) is 12.1. The molecule has 1 rings (SSSR count). The molecule has 4 nitrogen and oxygen atoms in total. The van der Waals surface area contributed by atoms with E-state index in [1.165, 1.54) is 7.05 Å². The Balaban J connectivity index is 2.91. The molecule has 1 amide bonds. The number of carbonyl (C=O) groups excluding carboxylic acids is 1. The maximum Gasteiger partial charge on any atom is 0.240 e. The smallest absolute Gasteiger partial charge is 0.240 e. The minimum Gasteiger partial charge on any atom is -0.273 e. The average Bonchev–Trinajstić information content (AvgIpc) is 2.63. The molecule has 0 aromatic rings. The Morgan fingerprint density at radius 2 is 1.76 bits per heavy atom. The van der Waals surface area contributed by atoms with Crippen LogP contribution in [0.15, 0.2) is 11.6 Å². The van der Waals surface area contributed by atoms with Crippen LogP contribution in [0.4, 0.5) is 0 Å². The molecule has 0 radical (unpaired) electrons. The normalized spacial score (nSPS) is 26.2. The molecule has 98 valence electrons. The Labute approximate surface area is 104 Å². The third kappa shape index (κ3) is 2.70. The summed E-state index contributed by atoms with van der Waals surface area (Å²) in [6.07, 6.45) is 3.11. The summed E-state index contributed by atoms with van der Waals surface area (Å²) in [7, 11) is -2.12. The number of amides is 1. The van der Waals surface area contributed by atoms with E-state index in [4.69, 9.17) is 0 Å². The lowest BCUT2D eigenvalue weighted by Gasteiger charge is -2.15. The highest BCUT2D eigenvalue weighted by atomic mass is 32.2. The predicted molar refractivity (Wildman–Crippen MR) is 67.8 cm³/mol. The monoisotopic (exact) mass is 259 g/mol. The number of allylic oxidation sites excluding steroid dienone is 2. The van der Waals surface area contributed by atoms with Gasteiger partial charge in [-0.05, 0) is 25.2 Å². The van der Waals surface area contributed by atoms with Gasteiger partial charge >= 0.3 is 0 Å². The van der Waals surface area contributed by atoms with Gasteiger partial charge in [-0.1, -0.05) is 25.5 Å². The molecule has 1 saturated carbocycles. The van der Waals surface area contributed by atoms with Crippen LogP contribution in [-0.4, -0.2) is 31.9 Å². The Kier molecular flexibility index (Phi) is 3.45. The minimum atomic E-state index is -3.45. The van der Waals surface area contributed by atoms with Crippen molar-refractivity contribution in [3.8, 4) is 0 Å². The maximum atomic E-state index is 12.1. The van der Waals surface area contributed by atoms with E-state index in [0.29, 0.717) is 0 Å². The summed E-state index contributed by atoms with van der Waals surface area (Å²) in [5, 5.41) is 0. The molecule has 5 heteroatoms. The first kappa shape index (κ1) is 14.2. The first-order valence-electron chi connectivity index (χ1n) is 5.62. The summed E-state index contributed by atoms with van der Waals surface area (Å²) >= 11 is 0. The zero-order chi connectivity index (χ0) is 13.6. The van der Waals surface area contributed by atoms with Crippen molar-refractivity contribution >= 4 is 15.9 Å². The molecule has 17 heavy (non-hydrogen) atoms. The Morgan fingerprint density at radius 1 is 1.29 bits per heavy atom. The summed E-state index contributed by atoms with van der Waals surface area (Å²) in [5.41, 5.74) is 1.01. The highest BCUT2D eigenvalue weighted by Gasteiger charge is 2.61. The van der Waals surface area contributed by atoms with E-state index in [0.717, 1.165) is 16.1 Å². The summed E-state index contributed by atoms with van der Waals surface area (Å²) in [6, 6.07) is 0. The van der Waals surface area contributed by atoms with Crippen LogP contribution in [-0.2, 0) is 14.8 Å². The third-order valence-corrected chi connectivity index (χ3v) is 4.67. The molecule has 2 unspecified atom stereocenters. The van der Waals surface area contributed by atoms with Crippen LogP contribution >= 0.6 is 0 Å². The number of sulfonamides is 1. The summed E-state index contributed by atoms with van der Waals surface area (Å²) in [5.74, 6) is -0.388. The molecular weight excluding hydrogens is 238 g/mol. The molecule has 0 bridgehead atoms. The van der Waals surface area contributed by atoms with Gasteiger partial charge in [0, 0.05) is 7.05 Å². The molecule has 0 spiro atoms. The van der Waals surface area contributed by atoms with Crippen molar-refractivity contribution in [1.29, 1.82) is 0 Å². The van der Waals surface area contributed by atoms with E-state index in [1.807, 2.05) is 27.7 Å². The van der Waals surface area contributed by atoms with E-state index in [2.05, 4.69) is 6.08 Å². The SMILES string of the molecule is CC(C)=CC1C(C(=O)N(C)S(C)(=O)=O)C1(C)C. The zero-order valence-electron chi connectivity index (χ0n) is 11.3. The lowest BCUT2D eigenvalue weighted by atomic mass is 10.1. The van der Waals surface area contributed by atoms with Gasteiger partial charge < -0.3 is 0 Å². The number of rotatable bonds is 3. The van der Waals surface area contributed by atoms with Gasteiger partial charge in [-0.15, -0.1) is 0 Å². The fraction of sp³-hybridized carbons (Fsp3) is 0.750. The fourth-order valence-corrected chi connectivity index (χ4v) is 2.62. The molecule has 1 aliphatic rings. The van der Waals surface area contributed by atoms with Gasteiger partial charge in [-0.25, -0.2) is 12.7 Å². The standard InChI is InChI=1S/C12H21NO3S/c1-8(2)7-9-10(12(9,3)4)11(14)13(5)17(6,15)16/h7,9-10H,1-6H3. The maximum absolute atomic E-state index is 12.1. The van der Waals surface area contributed by atoms with Gasteiger partial charge in [0.2, 0.25) is 15.9 Å². The Bertz CT molecular complexity index is 458. The van der Waals surface area contributed by atoms with Crippen LogP contribution in [0.2, 0.25) is 0 Å². The van der Waals surface area contributed by atoms with Crippen LogP contribution in [0.25, 0.3) is 0 Å². The van der Waals surface area contributed by atoms with Crippen molar-refractivity contribution in [2.75, 3.05) is 13.3 Å². The van der Waals surface area contributed by atoms with E-state index in [1.54, 1.807) is 0 Å². The quantitative estimate of drug-likeness (QED) is 0.724. The van der Waals surface area contributed by atoms with Gasteiger partial charge in [0.15, 0.2) is 0 Å². The second-order valence-corrected chi connectivity index (χ2v) is 7.65. The van der Waals surface area contributed by atoms with Gasteiger partial charge in [-0.3, -0.25) is 4.79 Å². The summed E-state index contributed by atoms with van der Waals surface area (Å²) in [4.78, 5) is 12.1. The van der Waals surface area contributed by atoms with Gasteiger partial charge in [0.25, 0.3) is 0 Å². The van der Waals surface area contributed by atoms with Gasteiger partial charge in [0.05, 0.1) is 12.2 Å². The van der Waals surface area contributed by atoms with Crippen LogP contribution in [0.5, 0.6) is 0 Å². The van der Waals surface area contributed by atoms with Crippen molar-refractivity contribution in [1.82, 2.24) is 4.31 Å². The third-order valence-electron chi connectivity index (χ3n) is 3.50. The largest absolute Gasteiger partial charge is 0.273 e. The second-order valence-electron chi connectivity index (χ2n) is 5.64. The lowest BCUT2D eigenvalue weighted by molar-refractivity contribution is -0.127. The van der Waals surface area contributed by atoms with Crippen molar-refractivity contribution < 1.29 is 13.2 Å². The van der Waals surface area contributed by atoms with E-state index in [9.17, 15) is 13.2 Å². The number of nitrogens with zero attached hydrogens (tertiary/aromatic N) is 1. The van der Waals surface area contributed by atoms with Crippen LogP contribution < -0.4 is 0 Å². The molecule has 0 saturated heterocycles. The molecule has 0 N–H and O–H groups in total. The van der Waals surface area contributed by atoms with E-state index < -0.39 is 10.0 Å². The fourth-order valence-electron chi connectivity index (χ4n) is 2.18. The van der Waals surface area contributed by atoms with Crippen molar-refractivity contribution in [3.05, 3.63) is 11.6 Å². The van der Waals surface area contributed by atoms with Crippen molar-refractivity contribution in [2.24, 2.45) is 17.3 Å². The average molecular weight is 259 g/mol. The Hall–Kier alpha value is -0.840. The molecule has 0 heterocycles. The molecule has 2 atom stereocenters. The van der Waals surface area contributed by atoms with Crippen LogP contribution in [0, 0.1) is 17.3 Å². The first-order chi connectivity index (χ1) is 7.49. The topological polar surface area (TPSA) is 54.5 Å². The van der Waals surface area contributed by atoms with E-state index in [-0.39, 0.29) is 23.2 Å².